The van der Waals surface area contributed by atoms with Crippen LogP contribution in [0.3, 0.4) is 0 Å². The van der Waals surface area contributed by atoms with Crippen LogP contribution >= 0.6 is 39.9 Å². The first-order valence-electron chi connectivity index (χ1n) is 5.86. The zero-order valence-electron chi connectivity index (χ0n) is 11.5. The molecule has 108 valence electrons. The minimum Gasteiger partial charge on any atom is -0.383 e. The molecule has 0 heterocycles. The van der Waals surface area contributed by atoms with Gasteiger partial charge < -0.3 is 15.4 Å². The largest absolute Gasteiger partial charge is 0.383 e. The fraction of sp³-hybridized carbons (Fsp3) is 0.462. The smallest absolute Gasteiger partial charge is 0.191 e. The predicted molar refractivity (Wildman–Crippen MR) is 94.4 cm³/mol. The van der Waals surface area contributed by atoms with E-state index in [-0.39, 0.29) is 24.0 Å². The van der Waals surface area contributed by atoms with E-state index in [4.69, 9.17) is 4.74 Å². The summed E-state index contributed by atoms with van der Waals surface area (Å²) in [5, 5.41) is 6.45. The van der Waals surface area contributed by atoms with Crippen molar-refractivity contribution in [3.05, 3.63) is 33.8 Å². The Morgan fingerprint density at radius 2 is 2.11 bits per heavy atom. The fourth-order valence-electron chi connectivity index (χ4n) is 1.53. The summed E-state index contributed by atoms with van der Waals surface area (Å²) >= 11 is 3.46. The Morgan fingerprint density at radius 3 is 2.68 bits per heavy atom. The molecule has 1 aromatic carbocycles. The highest BCUT2D eigenvalue weighted by Gasteiger charge is 2.01. The summed E-state index contributed by atoms with van der Waals surface area (Å²) in [4.78, 5) is 4.15. The van der Waals surface area contributed by atoms with Gasteiger partial charge in [-0.25, -0.2) is 0 Å². The van der Waals surface area contributed by atoms with Crippen LogP contribution in [0.1, 0.15) is 11.1 Å². The standard InChI is InChI=1S/C13H20BrN3O.HI/c1-10-8-12(14)5-4-11(10)9-17-13(15-2)16-6-7-18-3;/h4-5,8H,6-7,9H2,1-3H3,(H2,15,16,17);1H. The molecule has 0 amide bonds. The molecule has 0 bridgehead atoms. The average molecular weight is 442 g/mol. The highest BCUT2D eigenvalue weighted by molar-refractivity contribution is 14.0. The number of aryl methyl sites for hydroxylation is 1. The van der Waals surface area contributed by atoms with Crippen molar-refractivity contribution in [3.63, 3.8) is 0 Å². The van der Waals surface area contributed by atoms with Crippen molar-refractivity contribution in [2.75, 3.05) is 27.3 Å². The summed E-state index contributed by atoms with van der Waals surface area (Å²) in [5.74, 6) is 0.786. The molecule has 0 aliphatic rings. The third-order valence-electron chi connectivity index (χ3n) is 2.57. The van der Waals surface area contributed by atoms with Crippen LogP contribution in [-0.4, -0.2) is 33.3 Å². The molecule has 19 heavy (non-hydrogen) atoms. The molecule has 0 saturated heterocycles. The van der Waals surface area contributed by atoms with Gasteiger partial charge in [-0.05, 0) is 30.2 Å². The first kappa shape index (κ1) is 18.7. The van der Waals surface area contributed by atoms with Gasteiger partial charge in [-0.15, -0.1) is 24.0 Å². The van der Waals surface area contributed by atoms with Crippen LogP contribution in [-0.2, 0) is 11.3 Å². The van der Waals surface area contributed by atoms with E-state index >= 15 is 0 Å². The van der Waals surface area contributed by atoms with Gasteiger partial charge in [0.25, 0.3) is 0 Å². The van der Waals surface area contributed by atoms with E-state index in [1.807, 2.05) is 6.07 Å². The number of aliphatic imine (C=N–C) groups is 1. The highest BCUT2D eigenvalue weighted by Crippen LogP contribution is 2.15. The number of hydrogen-bond acceptors (Lipinski definition) is 2. The van der Waals surface area contributed by atoms with Gasteiger partial charge in [0.1, 0.15) is 0 Å². The molecule has 0 atom stereocenters. The minimum absolute atomic E-state index is 0. The second kappa shape index (κ2) is 10.4. The quantitative estimate of drug-likeness (QED) is 0.319. The predicted octanol–water partition coefficient (Wildman–Crippen LogP) is 2.69. The van der Waals surface area contributed by atoms with Crippen LogP contribution in [0.5, 0.6) is 0 Å². The number of benzene rings is 1. The van der Waals surface area contributed by atoms with Gasteiger partial charge in [0.05, 0.1) is 6.61 Å². The van der Waals surface area contributed by atoms with Gasteiger partial charge in [0.15, 0.2) is 5.96 Å². The van der Waals surface area contributed by atoms with Crippen molar-refractivity contribution in [2.24, 2.45) is 4.99 Å². The molecule has 0 aliphatic carbocycles. The zero-order valence-corrected chi connectivity index (χ0v) is 15.4. The molecule has 0 unspecified atom stereocenters. The molecule has 0 aliphatic heterocycles. The minimum atomic E-state index is 0. The molecular weight excluding hydrogens is 421 g/mol. The van der Waals surface area contributed by atoms with Crippen LogP contribution in [0.4, 0.5) is 0 Å². The SMILES string of the molecule is CN=C(NCCOC)NCc1ccc(Br)cc1C.I. The van der Waals surface area contributed by atoms with E-state index in [0.717, 1.165) is 23.5 Å². The Balaban J connectivity index is 0.00000324. The van der Waals surface area contributed by atoms with Crippen molar-refractivity contribution in [1.29, 1.82) is 0 Å². The van der Waals surface area contributed by atoms with E-state index in [9.17, 15) is 0 Å². The van der Waals surface area contributed by atoms with Gasteiger partial charge >= 0.3 is 0 Å². The molecule has 0 radical (unpaired) electrons. The van der Waals surface area contributed by atoms with Gasteiger partial charge in [0, 0.05) is 31.7 Å². The number of nitrogens with one attached hydrogen (secondary N) is 2. The highest BCUT2D eigenvalue weighted by atomic mass is 127. The van der Waals surface area contributed by atoms with Gasteiger partial charge in [-0.3, -0.25) is 4.99 Å². The zero-order chi connectivity index (χ0) is 13.4. The summed E-state index contributed by atoms with van der Waals surface area (Å²) in [6.45, 7) is 4.27. The Hall–Kier alpha value is -0.340. The maximum absolute atomic E-state index is 4.98. The number of nitrogens with zero attached hydrogens (tertiary/aromatic N) is 1. The molecule has 0 fully saturated rings. The Kier molecular flexibility index (Phi) is 10.3. The number of methoxy groups -OCH3 is 1. The maximum atomic E-state index is 4.98. The first-order chi connectivity index (χ1) is 8.67. The molecule has 0 spiro atoms. The molecule has 1 aromatic rings. The maximum Gasteiger partial charge on any atom is 0.191 e. The van der Waals surface area contributed by atoms with E-state index in [1.165, 1.54) is 11.1 Å². The van der Waals surface area contributed by atoms with Crippen molar-refractivity contribution < 1.29 is 4.74 Å². The van der Waals surface area contributed by atoms with Crippen LogP contribution in [0.15, 0.2) is 27.7 Å². The van der Waals surface area contributed by atoms with E-state index in [2.05, 4.69) is 50.6 Å². The molecule has 1 rings (SSSR count). The molecule has 2 N–H and O–H groups in total. The lowest BCUT2D eigenvalue weighted by molar-refractivity contribution is 0.203. The van der Waals surface area contributed by atoms with Crippen molar-refractivity contribution in [2.45, 2.75) is 13.5 Å². The molecule has 0 aromatic heterocycles. The van der Waals surface area contributed by atoms with Crippen molar-refractivity contribution in [3.8, 4) is 0 Å². The van der Waals surface area contributed by atoms with Crippen molar-refractivity contribution >= 4 is 45.9 Å². The normalized spacial score (nSPS) is 10.8. The van der Waals surface area contributed by atoms with Gasteiger partial charge in [0.2, 0.25) is 0 Å². The molecular formula is C13H21BrIN3O. The summed E-state index contributed by atoms with van der Waals surface area (Å²) in [7, 11) is 3.44. The average Bonchev–Trinajstić information content (AvgIpc) is 2.35. The lowest BCUT2D eigenvalue weighted by Crippen LogP contribution is -2.38. The first-order valence-corrected chi connectivity index (χ1v) is 6.65. The third-order valence-corrected chi connectivity index (χ3v) is 3.07. The monoisotopic (exact) mass is 441 g/mol. The molecule has 4 nitrogen and oxygen atoms in total. The molecule has 0 saturated carbocycles. The Morgan fingerprint density at radius 1 is 1.37 bits per heavy atom. The number of ether oxygens (including phenoxy) is 1. The summed E-state index contributed by atoms with van der Waals surface area (Å²) in [5.41, 5.74) is 2.51. The number of hydrogen-bond donors (Lipinski definition) is 2. The van der Waals surface area contributed by atoms with E-state index in [1.54, 1.807) is 14.2 Å². The summed E-state index contributed by atoms with van der Waals surface area (Å²) < 4.78 is 6.08. The van der Waals surface area contributed by atoms with Crippen LogP contribution in [0.25, 0.3) is 0 Å². The summed E-state index contributed by atoms with van der Waals surface area (Å²) in [6, 6.07) is 6.26. The van der Waals surface area contributed by atoms with Gasteiger partial charge in [-0.2, -0.15) is 0 Å². The second-order valence-electron chi connectivity index (χ2n) is 3.92. The lowest BCUT2D eigenvalue weighted by atomic mass is 10.1. The topological polar surface area (TPSA) is 45.7 Å². The van der Waals surface area contributed by atoms with Crippen molar-refractivity contribution in [1.82, 2.24) is 10.6 Å². The number of halogens is 2. The lowest BCUT2D eigenvalue weighted by Gasteiger charge is -2.13. The van der Waals surface area contributed by atoms with Crippen LogP contribution < -0.4 is 10.6 Å². The fourth-order valence-corrected chi connectivity index (χ4v) is 2.00. The number of guanidine groups is 1. The van der Waals surface area contributed by atoms with E-state index in [0.29, 0.717) is 6.61 Å². The Labute approximate surface area is 140 Å². The third kappa shape index (κ3) is 7.12. The number of rotatable bonds is 5. The van der Waals surface area contributed by atoms with Crippen LogP contribution in [0.2, 0.25) is 0 Å². The van der Waals surface area contributed by atoms with E-state index < -0.39 is 0 Å². The Bertz CT molecular complexity index is 413. The van der Waals surface area contributed by atoms with Gasteiger partial charge in [-0.1, -0.05) is 22.0 Å². The molecule has 6 heteroatoms. The second-order valence-corrected chi connectivity index (χ2v) is 4.83. The van der Waals surface area contributed by atoms with Crippen LogP contribution in [0, 0.1) is 6.92 Å². The summed E-state index contributed by atoms with van der Waals surface area (Å²) in [6.07, 6.45) is 0.